The van der Waals surface area contributed by atoms with Crippen LogP contribution in [-0.4, -0.2) is 42.9 Å². The number of carbonyl (C=O) groups excluding carboxylic acids is 2. The lowest BCUT2D eigenvalue weighted by Gasteiger charge is -2.25. The molecule has 5 nitrogen and oxygen atoms in total. The van der Waals surface area contributed by atoms with Crippen molar-refractivity contribution in [2.24, 2.45) is 0 Å². The van der Waals surface area contributed by atoms with E-state index in [-0.39, 0.29) is 24.4 Å². The first kappa shape index (κ1) is 14.5. The fraction of sp³-hybridized carbons (Fsp3) is 0.467. The molecule has 0 spiro atoms. The molecule has 1 aromatic carbocycles. The van der Waals surface area contributed by atoms with Gasteiger partial charge in [-0.1, -0.05) is 24.3 Å². The monoisotopic (exact) mass is 275 g/mol. The summed E-state index contributed by atoms with van der Waals surface area (Å²) in [6.45, 7) is 3.29. The van der Waals surface area contributed by atoms with Crippen LogP contribution in [0.25, 0.3) is 0 Å². The Morgan fingerprint density at radius 1 is 1.35 bits per heavy atom. The van der Waals surface area contributed by atoms with Crippen molar-refractivity contribution >= 4 is 11.8 Å². The smallest absolute Gasteiger partial charge is 0.241 e. The maximum absolute atomic E-state index is 12.1. The molecular formula is C15H21N3O2. The minimum Gasteiger partial charge on any atom is -0.346 e. The first-order chi connectivity index (χ1) is 9.61. The van der Waals surface area contributed by atoms with Crippen LogP contribution in [0.3, 0.4) is 0 Å². The number of likely N-dealkylation sites (N-methyl/N-ethyl adjacent to an activating group) is 1. The molecule has 1 aliphatic heterocycles. The summed E-state index contributed by atoms with van der Waals surface area (Å²) in [6.07, 6.45) is 0.666. The van der Waals surface area contributed by atoms with Crippen molar-refractivity contribution in [3.8, 4) is 0 Å². The predicted molar refractivity (Wildman–Crippen MR) is 77.1 cm³/mol. The van der Waals surface area contributed by atoms with Gasteiger partial charge in [0.25, 0.3) is 0 Å². The topological polar surface area (TPSA) is 61.4 Å². The quantitative estimate of drug-likeness (QED) is 0.830. The number of hydrogen-bond donors (Lipinski definition) is 2. The third-order valence-electron chi connectivity index (χ3n) is 3.71. The fourth-order valence-corrected chi connectivity index (χ4v) is 2.24. The Labute approximate surface area is 119 Å². The highest BCUT2D eigenvalue weighted by molar-refractivity contribution is 5.87. The molecule has 0 unspecified atom stereocenters. The van der Waals surface area contributed by atoms with E-state index in [2.05, 4.69) is 16.7 Å². The van der Waals surface area contributed by atoms with Crippen molar-refractivity contribution in [3.05, 3.63) is 35.4 Å². The number of rotatable bonds is 4. The van der Waals surface area contributed by atoms with Gasteiger partial charge in [0.15, 0.2) is 0 Å². The summed E-state index contributed by atoms with van der Waals surface area (Å²) < 4.78 is 0. The largest absolute Gasteiger partial charge is 0.346 e. The Balaban J connectivity index is 1.87. The van der Waals surface area contributed by atoms with Crippen LogP contribution >= 0.6 is 0 Å². The second-order valence-corrected chi connectivity index (χ2v) is 5.03. The van der Waals surface area contributed by atoms with Gasteiger partial charge in [0.05, 0.1) is 12.6 Å². The van der Waals surface area contributed by atoms with Crippen LogP contribution in [0, 0.1) is 0 Å². The second-order valence-electron chi connectivity index (χ2n) is 5.03. The molecule has 5 heteroatoms. The van der Waals surface area contributed by atoms with Crippen LogP contribution in [0.15, 0.2) is 24.3 Å². The number of carbonyl (C=O) groups is 2. The van der Waals surface area contributed by atoms with Gasteiger partial charge in [0, 0.05) is 20.1 Å². The zero-order chi connectivity index (χ0) is 14.5. The zero-order valence-corrected chi connectivity index (χ0v) is 12.0. The summed E-state index contributed by atoms with van der Waals surface area (Å²) in [5.41, 5.74) is 2.43. The SMILES string of the molecule is CCN(C)C(=O)CNC(=O)[C@H]1Cc2ccccc2CN1. The summed E-state index contributed by atoms with van der Waals surface area (Å²) in [5.74, 6) is -0.186. The van der Waals surface area contributed by atoms with E-state index in [4.69, 9.17) is 0 Å². The van der Waals surface area contributed by atoms with Gasteiger partial charge in [-0.15, -0.1) is 0 Å². The van der Waals surface area contributed by atoms with Crippen molar-refractivity contribution in [3.63, 3.8) is 0 Å². The van der Waals surface area contributed by atoms with E-state index in [9.17, 15) is 9.59 Å². The molecule has 1 aliphatic rings. The lowest BCUT2D eigenvalue weighted by molar-refractivity contribution is -0.132. The molecule has 108 valence electrons. The highest BCUT2D eigenvalue weighted by Gasteiger charge is 2.24. The van der Waals surface area contributed by atoms with Crippen molar-refractivity contribution in [1.29, 1.82) is 0 Å². The molecule has 1 atom stereocenters. The van der Waals surface area contributed by atoms with Gasteiger partial charge in [-0.25, -0.2) is 0 Å². The normalized spacial score (nSPS) is 17.2. The molecule has 1 aromatic rings. The van der Waals surface area contributed by atoms with Gasteiger partial charge in [0.2, 0.25) is 11.8 Å². The molecule has 0 aromatic heterocycles. The molecule has 1 heterocycles. The molecule has 0 saturated heterocycles. The summed E-state index contributed by atoms with van der Waals surface area (Å²) in [7, 11) is 1.73. The third kappa shape index (κ3) is 3.36. The van der Waals surface area contributed by atoms with Crippen LogP contribution in [0.2, 0.25) is 0 Å². The minimum atomic E-state index is -0.260. The minimum absolute atomic E-state index is 0.0585. The Morgan fingerprint density at radius 2 is 2.05 bits per heavy atom. The van der Waals surface area contributed by atoms with E-state index in [1.54, 1.807) is 11.9 Å². The number of hydrogen-bond acceptors (Lipinski definition) is 3. The number of fused-ring (bicyclic) bond motifs is 1. The molecular weight excluding hydrogens is 254 g/mol. The number of nitrogens with one attached hydrogen (secondary N) is 2. The highest BCUT2D eigenvalue weighted by atomic mass is 16.2. The third-order valence-corrected chi connectivity index (χ3v) is 3.71. The molecule has 2 N–H and O–H groups in total. The summed E-state index contributed by atoms with van der Waals surface area (Å²) in [6, 6.07) is 7.84. The molecule has 0 fully saturated rings. The molecule has 0 bridgehead atoms. The zero-order valence-electron chi connectivity index (χ0n) is 12.0. The van der Waals surface area contributed by atoms with E-state index in [1.165, 1.54) is 11.1 Å². The summed E-state index contributed by atoms with van der Waals surface area (Å²) >= 11 is 0. The Bertz CT molecular complexity index is 502. The van der Waals surface area contributed by atoms with E-state index < -0.39 is 0 Å². The lowest BCUT2D eigenvalue weighted by atomic mass is 9.95. The van der Waals surface area contributed by atoms with Gasteiger partial charge in [0.1, 0.15) is 0 Å². The number of nitrogens with zero attached hydrogens (tertiary/aromatic N) is 1. The van der Waals surface area contributed by atoms with Crippen LogP contribution in [0.4, 0.5) is 0 Å². The van der Waals surface area contributed by atoms with E-state index >= 15 is 0 Å². The standard InChI is InChI=1S/C15H21N3O2/c1-3-18(2)14(19)10-17-15(20)13-8-11-6-4-5-7-12(11)9-16-13/h4-7,13,16H,3,8-10H2,1-2H3,(H,17,20)/t13-/m1/s1. The van der Waals surface area contributed by atoms with Crippen molar-refractivity contribution < 1.29 is 9.59 Å². The Kier molecular flexibility index (Phi) is 4.74. The first-order valence-corrected chi connectivity index (χ1v) is 6.93. The van der Waals surface area contributed by atoms with Gasteiger partial charge in [-0.05, 0) is 24.5 Å². The summed E-state index contributed by atoms with van der Waals surface area (Å²) in [4.78, 5) is 25.3. The maximum atomic E-state index is 12.1. The van der Waals surface area contributed by atoms with Crippen LogP contribution < -0.4 is 10.6 Å². The van der Waals surface area contributed by atoms with Gasteiger partial charge >= 0.3 is 0 Å². The lowest BCUT2D eigenvalue weighted by Crippen LogP contribution is -2.49. The maximum Gasteiger partial charge on any atom is 0.241 e. The second kappa shape index (κ2) is 6.52. The van der Waals surface area contributed by atoms with Crippen LogP contribution in [0.1, 0.15) is 18.1 Å². The van der Waals surface area contributed by atoms with E-state index in [0.717, 1.165) is 0 Å². The van der Waals surface area contributed by atoms with E-state index in [1.807, 2.05) is 25.1 Å². The summed E-state index contributed by atoms with van der Waals surface area (Å²) in [5, 5.41) is 5.91. The molecule has 20 heavy (non-hydrogen) atoms. The molecule has 0 aliphatic carbocycles. The molecule has 0 radical (unpaired) electrons. The van der Waals surface area contributed by atoms with E-state index in [0.29, 0.717) is 19.5 Å². The van der Waals surface area contributed by atoms with Crippen LogP contribution in [0.5, 0.6) is 0 Å². The predicted octanol–water partition coefficient (Wildman–Crippen LogP) is 0.295. The first-order valence-electron chi connectivity index (χ1n) is 6.93. The van der Waals surface area contributed by atoms with Gasteiger partial charge < -0.3 is 15.5 Å². The van der Waals surface area contributed by atoms with Crippen LogP contribution in [-0.2, 0) is 22.6 Å². The Hall–Kier alpha value is -1.88. The number of amides is 2. The molecule has 2 amide bonds. The fourth-order valence-electron chi connectivity index (χ4n) is 2.24. The van der Waals surface area contributed by atoms with Crippen molar-refractivity contribution in [2.45, 2.75) is 25.9 Å². The van der Waals surface area contributed by atoms with Gasteiger partial charge in [-0.3, -0.25) is 9.59 Å². The average molecular weight is 275 g/mol. The van der Waals surface area contributed by atoms with Crippen molar-refractivity contribution in [1.82, 2.24) is 15.5 Å². The average Bonchev–Trinajstić information content (AvgIpc) is 2.50. The molecule has 2 rings (SSSR count). The van der Waals surface area contributed by atoms with Crippen molar-refractivity contribution in [2.75, 3.05) is 20.1 Å². The highest BCUT2D eigenvalue weighted by Crippen LogP contribution is 2.16. The van der Waals surface area contributed by atoms with Gasteiger partial charge in [-0.2, -0.15) is 0 Å². The molecule has 0 saturated carbocycles. The number of benzene rings is 1. The Morgan fingerprint density at radius 3 is 2.75 bits per heavy atom.